The van der Waals surface area contributed by atoms with Crippen LogP contribution in [-0.2, 0) is 27.0 Å². The van der Waals surface area contributed by atoms with Gasteiger partial charge in [-0.05, 0) is 49.4 Å². The van der Waals surface area contributed by atoms with Crippen molar-refractivity contribution in [3.63, 3.8) is 0 Å². The molecule has 0 aliphatic carbocycles. The van der Waals surface area contributed by atoms with Crippen molar-refractivity contribution in [3.8, 4) is 0 Å². The molecule has 0 bridgehead atoms. The number of carboxylic acids is 2. The first-order chi connectivity index (χ1) is 9.15. The van der Waals surface area contributed by atoms with Crippen molar-refractivity contribution in [1.82, 2.24) is 0 Å². The molecule has 0 aliphatic heterocycles. The first kappa shape index (κ1) is 25.4. The van der Waals surface area contributed by atoms with Gasteiger partial charge in [-0.2, -0.15) is 0 Å². The Balaban J connectivity index is -0.000000295. The van der Waals surface area contributed by atoms with Crippen LogP contribution in [0.5, 0.6) is 0 Å². The maximum absolute atomic E-state index is 10.4. The van der Waals surface area contributed by atoms with Crippen molar-refractivity contribution in [3.05, 3.63) is 0 Å². The van der Waals surface area contributed by atoms with Gasteiger partial charge in [0.05, 0.1) is 0 Å². The molecule has 0 aliphatic rings. The molecular weight excluding hydrogens is 308 g/mol. The Morgan fingerprint density at radius 3 is 1.05 bits per heavy atom. The fraction of sp³-hybridized carbons (Fsp3) is 0.875. The van der Waals surface area contributed by atoms with E-state index in [1.54, 1.807) is 0 Å². The molecule has 0 saturated heterocycles. The number of carbonyl (C=O) groups is 2. The molecule has 0 saturated carbocycles. The molecule has 0 fully saturated rings. The Morgan fingerprint density at radius 1 is 0.762 bits per heavy atom. The summed E-state index contributed by atoms with van der Waals surface area (Å²) in [5, 5.41) is 20.7. The van der Waals surface area contributed by atoms with E-state index in [-0.39, 0.29) is 29.2 Å². The zero-order chi connectivity index (χ0) is 16.3. The molecule has 0 heterocycles. The Bertz CT molecular complexity index is 249. The van der Waals surface area contributed by atoms with E-state index < -0.39 is 11.9 Å². The number of aliphatic carboxylic acids is 2. The van der Waals surface area contributed by atoms with Crippen LogP contribution in [0.1, 0.15) is 67.2 Å². The molecule has 21 heavy (non-hydrogen) atoms. The molecule has 0 spiro atoms. The summed E-state index contributed by atoms with van der Waals surface area (Å²) in [6.07, 6.45) is 2.83. The van der Waals surface area contributed by atoms with E-state index >= 15 is 0 Å². The Hall–Kier alpha value is -0.528. The summed E-state index contributed by atoms with van der Waals surface area (Å²) in [6, 6.07) is 0. The molecular formula is C16H30CrO4. The molecule has 124 valence electrons. The van der Waals surface area contributed by atoms with E-state index in [4.69, 9.17) is 0 Å². The van der Waals surface area contributed by atoms with Crippen LogP contribution in [0, 0.1) is 23.7 Å². The normalized spacial score (nSPS) is 13.0. The molecule has 0 radical (unpaired) electrons. The largest absolute Gasteiger partial charge is 2.00 e. The van der Waals surface area contributed by atoms with Gasteiger partial charge in [-0.3, -0.25) is 0 Å². The van der Waals surface area contributed by atoms with E-state index in [0.717, 1.165) is 12.8 Å². The molecule has 0 aromatic heterocycles. The summed E-state index contributed by atoms with van der Waals surface area (Å²) in [4.78, 5) is 20.7. The van der Waals surface area contributed by atoms with Gasteiger partial charge in [-0.1, -0.05) is 41.5 Å². The van der Waals surface area contributed by atoms with Crippen molar-refractivity contribution in [2.45, 2.75) is 67.2 Å². The summed E-state index contributed by atoms with van der Waals surface area (Å²) in [7, 11) is 0. The van der Waals surface area contributed by atoms with Gasteiger partial charge in [0.25, 0.3) is 0 Å². The monoisotopic (exact) mass is 338 g/mol. The van der Waals surface area contributed by atoms with Gasteiger partial charge >= 0.3 is 17.4 Å². The van der Waals surface area contributed by atoms with E-state index in [2.05, 4.69) is 0 Å². The molecule has 2 atom stereocenters. The predicted octanol–water partition coefficient (Wildman–Crippen LogP) is 1.61. The SMILES string of the molecule is CCC(CC(C)C)C(=O)[O-].CCC(CC(C)C)C(=O)[O-].[Cr+2]. The van der Waals surface area contributed by atoms with Crippen LogP contribution in [0.2, 0.25) is 0 Å². The molecule has 0 aromatic rings. The minimum Gasteiger partial charge on any atom is -0.550 e. The van der Waals surface area contributed by atoms with E-state index in [0.29, 0.717) is 24.7 Å². The molecule has 0 aromatic carbocycles. The van der Waals surface area contributed by atoms with Gasteiger partial charge in [0.1, 0.15) is 0 Å². The van der Waals surface area contributed by atoms with Crippen LogP contribution in [0.25, 0.3) is 0 Å². The van der Waals surface area contributed by atoms with Crippen LogP contribution in [-0.4, -0.2) is 11.9 Å². The maximum atomic E-state index is 10.4. The topological polar surface area (TPSA) is 80.3 Å². The fourth-order valence-corrected chi connectivity index (χ4v) is 2.00. The first-order valence-corrected chi connectivity index (χ1v) is 7.57. The molecule has 0 N–H and O–H groups in total. The third-order valence-corrected chi connectivity index (χ3v) is 3.16. The Kier molecular flexibility index (Phi) is 17.4. The first-order valence-electron chi connectivity index (χ1n) is 7.57. The molecule has 5 heteroatoms. The van der Waals surface area contributed by atoms with E-state index in [1.165, 1.54) is 0 Å². The summed E-state index contributed by atoms with van der Waals surface area (Å²) < 4.78 is 0. The van der Waals surface area contributed by atoms with Crippen LogP contribution in [0.15, 0.2) is 0 Å². The number of rotatable bonds is 8. The average molecular weight is 338 g/mol. The summed E-state index contributed by atoms with van der Waals surface area (Å²) >= 11 is 0. The molecule has 4 nitrogen and oxygen atoms in total. The molecule has 2 unspecified atom stereocenters. The van der Waals surface area contributed by atoms with Gasteiger partial charge in [0, 0.05) is 11.9 Å². The van der Waals surface area contributed by atoms with Crippen molar-refractivity contribution < 1.29 is 37.2 Å². The van der Waals surface area contributed by atoms with Gasteiger partial charge < -0.3 is 19.8 Å². The zero-order valence-electron chi connectivity index (χ0n) is 14.2. The van der Waals surface area contributed by atoms with Crippen LogP contribution in [0.3, 0.4) is 0 Å². The average Bonchev–Trinajstić information content (AvgIpc) is 2.32. The number of hydrogen-bond acceptors (Lipinski definition) is 4. The summed E-state index contributed by atoms with van der Waals surface area (Å²) in [5.41, 5.74) is 0. The van der Waals surface area contributed by atoms with Crippen molar-refractivity contribution >= 4 is 11.9 Å². The third kappa shape index (κ3) is 15.7. The van der Waals surface area contributed by atoms with Crippen molar-refractivity contribution in [1.29, 1.82) is 0 Å². The second-order valence-electron chi connectivity index (χ2n) is 6.11. The summed E-state index contributed by atoms with van der Waals surface area (Å²) in [6.45, 7) is 11.8. The van der Waals surface area contributed by atoms with Crippen LogP contribution < -0.4 is 10.2 Å². The smallest absolute Gasteiger partial charge is 0.550 e. The summed E-state index contributed by atoms with van der Waals surface area (Å²) in [5.74, 6) is -1.42. The number of carbonyl (C=O) groups excluding carboxylic acids is 2. The minimum atomic E-state index is -0.906. The van der Waals surface area contributed by atoms with Gasteiger partial charge in [-0.25, -0.2) is 0 Å². The predicted molar refractivity (Wildman–Crippen MR) is 76.5 cm³/mol. The van der Waals surface area contributed by atoms with Crippen molar-refractivity contribution in [2.75, 3.05) is 0 Å². The third-order valence-electron chi connectivity index (χ3n) is 3.16. The number of hydrogen-bond donors (Lipinski definition) is 0. The van der Waals surface area contributed by atoms with Crippen LogP contribution in [0.4, 0.5) is 0 Å². The fourth-order valence-electron chi connectivity index (χ4n) is 2.00. The second kappa shape index (κ2) is 14.4. The van der Waals surface area contributed by atoms with Crippen molar-refractivity contribution in [2.24, 2.45) is 23.7 Å². The van der Waals surface area contributed by atoms with Gasteiger partial charge in [-0.15, -0.1) is 0 Å². The van der Waals surface area contributed by atoms with Crippen LogP contribution >= 0.6 is 0 Å². The minimum absolute atomic E-state index is 0. The standard InChI is InChI=1S/2C8H16O2.Cr/c2*1-4-7(8(9)10)5-6(2)3;/h2*6-7H,4-5H2,1-3H3,(H,9,10);/q;;+2/p-2. The Morgan fingerprint density at radius 2 is 1.00 bits per heavy atom. The maximum Gasteiger partial charge on any atom is 2.00 e. The molecule has 0 rings (SSSR count). The van der Waals surface area contributed by atoms with E-state index in [9.17, 15) is 19.8 Å². The van der Waals surface area contributed by atoms with E-state index in [1.807, 2.05) is 41.5 Å². The van der Waals surface area contributed by atoms with Gasteiger partial charge in [0.15, 0.2) is 0 Å². The Labute approximate surface area is 140 Å². The number of carboxylic acid groups (broad SMARTS) is 2. The van der Waals surface area contributed by atoms with Gasteiger partial charge in [0.2, 0.25) is 0 Å². The zero-order valence-corrected chi connectivity index (χ0v) is 15.5. The second-order valence-corrected chi connectivity index (χ2v) is 6.11. The molecule has 0 amide bonds. The quantitative estimate of drug-likeness (QED) is 0.673.